The van der Waals surface area contributed by atoms with E-state index in [0.717, 1.165) is 5.82 Å². The number of hydrogen-bond acceptors (Lipinski definition) is 3. The molecule has 0 aromatic rings. The van der Waals surface area contributed by atoms with E-state index in [4.69, 9.17) is 5.11 Å². The maximum atomic E-state index is 9.10. The molecule has 0 saturated carbocycles. The lowest BCUT2D eigenvalue weighted by Crippen LogP contribution is -2.35. The monoisotopic (exact) mass is 172 g/mol. The van der Waals surface area contributed by atoms with Crippen LogP contribution in [-0.4, -0.2) is 35.7 Å². The quantitative estimate of drug-likeness (QED) is 0.643. The third-order valence-corrected chi connectivity index (χ3v) is 1.45. The van der Waals surface area contributed by atoms with Crippen molar-refractivity contribution in [3.05, 3.63) is 12.4 Å². The maximum absolute atomic E-state index is 9.10. The third kappa shape index (κ3) is 5.02. The number of rotatable bonds is 5. The highest BCUT2D eigenvalue weighted by atomic mass is 16.3. The summed E-state index contributed by atoms with van der Waals surface area (Å²) < 4.78 is 0. The summed E-state index contributed by atoms with van der Waals surface area (Å²) in [7, 11) is 1.91. The largest absolute Gasteiger partial charge is 0.392 e. The topological polar surface area (TPSA) is 35.5 Å². The van der Waals surface area contributed by atoms with Gasteiger partial charge in [-0.1, -0.05) is 6.58 Å². The SMILES string of the molecule is C=C(NC(C)C)N(C)CC(C)O. The van der Waals surface area contributed by atoms with Crippen molar-refractivity contribution in [1.82, 2.24) is 10.2 Å². The molecule has 0 aliphatic rings. The number of likely N-dealkylation sites (N-methyl/N-ethyl adjacent to an activating group) is 1. The van der Waals surface area contributed by atoms with Gasteiger partial charge < -0.3 is 15.3 Å². The lowest BCUT2D eigenvalue weighted by atomic mass is 10.3. The van der Waals surface area contributed by atoms with Gasteiger partial charge in [0.25, 0.3) is 0 Å². The van der Waals surface area contributed by atoms with Crippen LogP contribution in [0.5, 0.6) is 0 Å². The van der Waals surface area contributed by atoms with Crippen molar-refractivity contribution in [2.24, 2.45) is 0 Å². The molecule has 1 unspecified atom stereocenters. The Hall–Kier alpha value is -0.700. The van der Waals surface area contributed by atoms with Gasteiger partial charge in [0.1, 0.15) is 0 Å². The van der Waals surface area contributed by atoms with Gasteiger partial charge in [-0.15, -0.1) is 0 Å². The molecule has 0 saturated heterocycles. The summed E-state index contributed by atoms with van der Waals surface area (Å²) in [5.74, 6) is 0.853. The van der Waals surface area contributed by atoms with Crippen molar-refractivity contribution < 1.29 is 5.11 Å². The van der Waals surface area contributed by atoms with Crippen LogP contribution in [0.1, 0.15) is 20.8 Å². The second-order valence-electron chi connectivity index (χ2n) is 3.48. The van der Waals surface area contributed by atoms with Crippen molar-refractivity contribution in [2.45, 2.75) is 32.9 Å². The van der Waals surface area contributed by atoms with Crippen molar-refractivity contribution in [3.8, 4) is 0 Å². The molecular weight excluding hydrogens is 152 g/mol. The average Bonchev–Trinajstić information content (AvgIpc) is 1.84. The minimum absolute atomic E-state index is 0.319. The van der Waals surface area contributed by atoms with E-state index in [1.54, 1.807) is 6.92 Å². The van der Waals surface area contributed by atoms with Crippen LogP contribution in [0.4, 0.5) is 0 Å². The van der Waals surface area contributed by atoms with Crippen LogP contribution in [0.3, 0.4) is 0 Å². The van der Waals surface area contributed by atoms with Crippen molar-refractivity contribution in [1.29, 1.82) is 0 Å². The van der Waals surface area contributed by atoms with E-state index in [9.17, 15) is 0 Å². The lowest BCUT2D eigenvalue weighted by Gasteiger charge is -2.25. The Balaban J connectivity index is 3.77. The van der Waals surface area contributed by atoms with E-state index in [2.05, 4.69) is 25.7 Å². The van der Waals surface area contributed by atoms with Crippen molar-refractivity contribution in [3.63, 3.8) is 0 Å². The molecule has 0 spiro atoms. The fourth-order valence-corrected chi connectivity index (χ4v) is 0.950. The van der Waals surface area contributed by atoms with Gasteiger partial charge in [0.15, 0.2) is 0 Å². The van der Waals surface area contributed by atoms with Gasteiger partial charge >= 0.3 is 0 Å². The molecule has 0 amide bonds. The molecule has 3 nitrogen and oxygen atoms in total. The minimum Gasteiger partial charge on any atom is -0.392 e. The second-order valence-corrected chi connectivity index (χ2v) is 3.48. The zero-order chi connectivity index (χ0) is 9.72. The Morgan fingerprint density at radius 1 is 1.50 bits per heavy atom. The summed E-state index contributed by atoms with van der Waals surface area (Å²) in [5.41, 5.74) is 0. The standard InChI is InChI=1S/C9H20N2O/c1-7(2)10-9(4)11(5)6-8(3)12/h7-8,10,12H,4,6H2,1-3,5H3. The van der Waals surface area contributed by atoms with Crippen LogP contribution in [0.25, 0.3) is 0 Å². The first-order valence-electron chi connectivity index (χ1n) is 4.28. The summed E-state index contributed by atoms with van der Waals surface area (Å²) in [6.45, 7) is 10.3. The molecule has 0 aliphatic heterocycles. The van der Waals surface area contributed by atoms with Crippen molar-refractivity contribution >= 4 is 0 Å². The van der Waals surface area contributed by atoms with E-state index >= 15 is 0 Å². The summed E-state index contributed by atoms with van der Waals surface area (Å²) >= 11 is 0. The molecule has 0 radical (unpaired) electrons. The number of nitrogens with zero attached hydrogens (tertiary/aromatic N) is 1. The predicted octanol–water partition coefficient (Wildman–Crippen LogP) is 0.768. The molecule has 0 aromatic heterocycles. The van der Waals surface area contributed by atoms with E-state index in [1.807, 2.05) is 11.9 Å². The molecule has 0 rings (SSSR count). The Morgan fingerprint density at radius 2 is 2.00 bits per heavy atom. The van der Waals surface area contributed by atoms with Crippen molar-refractivity contribution in [2.75, 3.05) is 13.6 Å². The van der Waals surface area contributed by atoms with Crippen LogP contribution in [0, 0.1) is 0 Å². The Morgan fingerprint density at radius 3 is 2.33 bits per heavy atom. The molecule has 0 aromatic carbocycles. The molecule has 2 N–H and O–H groups in total. The minimum atomic E-state index is -0.319. The molecule has 12 heavy (non-hydrogen) atoms. The number of aliphatic hydroxyl groups is 1. The van der Waals surface area contributed by atoms with Gasteiger partial charge in [0.05, 0.1) is 11.9 Å². The van der Waals surface area contributed by atoms with E-state index in [0.29, 0.717) is 12.6 Å². The average molecular weight is 172 g/mol. The first-order valence-corrected chi connectivity index (χ1v) is 4.28. The van der Waals surface area contributed by atoms with Gasteiger partial charge in [-0.25, -0.2) is 0 Å². The van der Waals surface area contributed by atoms with Crippen LogP contribution in [0.2, 0.25) is 0 Å². The molecule has 0 bridgehead atoms. The van der Waals surface area contributed by atoms with Gasteiger partial charge in [0.2, 0.25) is 0 Å². The van der Waals surface area contributed by atoms with Crippen LogP contribution < -0.4 is 5.32 Å². The second kappa shape index (κ2) is 5.04. The smallest absolute Gasteiger partial charge is 0.0938 e. The molecule has 3 heteroatoms. The molecule has 72 valence electrons. The van der Waals surface area contributed by atoms with Crippen LogP contribution in [0.15, 0.2) is 12.4 Å². The zero-order valence-electron chi connectivity index (χ0n) is 8.46. The van der Waals surface area contributed by atoms with Crippen LogP contribution >= 0.6 is 0 Å². The lowest BCUT2D eigenvalue weighted by molar-refractivity contribution is 0.152. The Labute approximate surface area is 75.1 Å². The van der Waals surface area contributed by atoms with Gasteiger partial charge in [-0.3, -0.25) is 0 Å². The fraction of sp³-hybridized carbons (Fsp3) is 0.778. The third-order valence-electron chi connectivity index (χ3n) is 1.45. The maximum Gasteiger partial charge on any atom is 0.0938 e. The summed E-state index contributed by atoms with van der Waals surface area (Å²) in [5, 5.41) is 12.3. The van der Waals surface area contributed by atoms with E-state index in [1.165, 1.54) is 0 Å². The number of aliphatic hydroxyl groups excluding tert-OH is 1. The summed E-state index contributed by atoms with van der Waals surface area (Å²) in [6, 6.07) is 0.383. The van der Waals surface area contributed by atoms with Gasteiger partial charge in [0, 0.05) is 19.6 Å². The first kappa shape index (κ1) is 11.3. The highest BCUT2D eigenvalue weighted by Gasteiger charge is 2.05. The highest BCUT2D eigenvalue weighted by molar-refractivity contribution is 4.90. The predicted molar refractivity (Wildman–Crippen MR) is 51.7 cm³/mol. The van der Waals surface area contributed by atoms with E-state index in [-0.39, 0.29) is 6.10 Å². The normalized spacial score (nSPS) is 12.8. The van der Waals surface area contributed by atoms with Gasteiger partial charge in [-0.05, 0) is 20.8 Å². The molecular formula is C9H20N2O. The Bertz CT molecular complexity index is 143. The number of hydrogen-bond donors (Lipinski definition) is 2. The summed E-state index contributed by atoms with van der Waals surface area (Å²) in [6.07, 6.45) is -0.319. The van der Waals surface area contributed by atoms with Crippen LogP contribution in [-0.2, 0) is 0 Å². The number of nitrogens with one attached hydrogen (secondary N) is 1. The zero-order valence-corrected chi connectivity index (χ0v) is 8.46. The highest BCUT2D eigenvalue weighted by Crippen LogP contribution is 1.97. The van der Waals surface area contributed by atoms with E-state index < -0.39 is 0 Å². The summed E-state index contributed by atoms with van der Waals surface area (Å²) in [4.78, 5) is 1.91. The molecule has 1 atom stereocenters. The Kier molecular flexibility index (Phi) is 4.74. The van der Waals surface area contributed by atoms with Gasteiger partial charge in [-0.2, -0.15) is 0 Å². The molecule has 0 aliphatic carbocycles. The molecule has 0 heterocycles. The fourth-order valence-electron chi connectivity index (χ4n) is 0.950. The first-order chi connectivity index (χ1) is 5.43. The molecule has 0 fully saturated rings.